The van der Waals surface area contributed by atoms with Crippen LogP contribution in [0.15, 0.2) is 0 Å². The minimum absolute atomic E-state index is 0. The minimum Gasteiger partial charge on any atom is -0.312 e. The number of rotatable bonds is 4. The van der Waals surface area contributed by atoms with Crippen LogP contribution in [0.3, 0.4) is 0 Å². The smallest absolute Gasteiger partial charge is 0.214 e. The maximum absolute atomic E-state index is 11.6. The average molecular weight is 255 g/mol. The third-order valence-corrected chi connectivity index (χ3v) is 5.02. The zero-order chi connectivity index (χ0) is 10.2. The van der Waals surface area contributed by atoms with Gasteiger partial charge in [0.05, 0.1) is 5.25 Å². The Morgan fingerprint density at radius 1 is 1.40 bits per heavy atom. The first-order valence-corrected chi connectivity index (χ1v) is 6.91. The quantitative estimate of drug-likeness (QED) is 0.774. The second-order valence-electron chi connectivity index (χ2n) is 4.31. The van der Waals surface area contributed by atoms with Crippen LogP contribution in [0, 0.1) is 0 Å². The van der Waals surface area contributed by atoms with Crippen molar-refractivity contribution in [3.05, 3.63) is 0 Å². The lowest BCUT2D eigenvalue weighted by Gasteiger charge is -2.11. The molecule has 90 valence electrons. The van der Waals surface area contributed by atoms with Gasteiger partial charge in [-0.1, -0.05) is 6.92 Å². The van der Waals surface area contributed by atoms with Gasteiger partial charge < -0.3 is 5.32 Å². The molecule has 1 saturated heterocycles. The van der Waals surface area contributed by atoms with Gasteiger partial charge in [-0.05, 0) is 25.7 Å². The van der Waals surface area contributed by atoms with Crippen molar-refractivity contribution in [3.63, 3.8) is 0 Å². The molecule has 2 atom stereocenters. The van der Waals surface area contributed by atoms with E-state index in [2.05, 4.69) is 17.0 Å². The highest BCUT2D eigenvalue weighted by Gasteiger charge is 2.38. The Morgan fingerprint density at radius 3 is 2.53 bits per heavy atom. The Labute approximate surface area is 97.7 Å². The molecule has 6 heteroatoms. The van der Waals surface area contributed by atoms with Crippen molar-refractivity contribution in [2.45, 2.75) is 49.9 Å². The molecule has 2 N–H and O–H groups in total. The van der Waals surface area contributed by atoms with Crippen LogP contribution in [0.5, 0.6) is 0 Å². The van der Waals surface area contributed by atoms with Gasteiger partial charge in [0.2, 0.25) is 10.0 Å². The Kier molecular flexibility index (Phi) is 4.40. The van der Waals surface area contributed by atoms with E-state index in [9.17, 15) is 8.42 Å². The van der Waals surface area contributed by atoms with Crippen molar-refractivity contribution >= 4 is 22.4 Å². The first-order valence-electron chi connectivity index (χ1n) is 5.36. The fraction of sp³-hybridized carbons (Fsp3) is 1.00. The molecule has 0 unspecified atom stereocenters. The normalized spacial score (nSPS) is 31.3. The van der Waals surface area contributed by atoms with E-state index in [0.717, 1.165) is 32.2 Å². The van der Waals surface area contributed by atoms with Gasteiger partial charge in [-0.2, -0.15) is 0 Å². The maximum atomic E-state index is 11.6. The molecule has 0 aromatic carbocycles. The van der Waals surface area contributed by atoms with Crippen LogP contribution in [0.4, 0.5) is 0 Å². The molecule has 0 radical (unpaired) electrons. The Bertz CT molecular complexity index is 303. The molecular formula is C9H19ClN2O2S. The van der Waals surface area contributed by atoms with E-state index in [4.69, 9.17) is 0 Å². The summed E-state index contributed by atoms with van der Waals surface area (Å²) >= 11 is 0. The van der Waals surface area contributed by atoms with E-state index in [1.54, 1.807) is 0 Å². The number of hydrogen-bond acceptors (Lipinski definition) is 3. The lowest BCUT2D eigenvalue weighted by Crippen LogP contribution is -2.38. The van der Waals surface area contributed by atoms with Crippen LogP contribution in [-0.4, -0.2) is 32.3 Å². The van der Waals surface area contributed by atoms with E-state index in [1.807, 2.05) is 0 Å². The topological polar surface area (TPSA) is 58.2 Å². The molecule has 0 aromatic heterocycles. The highest BCUT2D eigenvalue weighted by molar-refractivity contribution is 7.90. The van der Waals surface area contributed by atoms with Gasteiger partial charge >= 0.3 is 0 Å². The third kappa shape index (κ3) is 3.31. The van der Waals surface area contributed by atoms with E-state index in [-0.39, 0.29) is 23.7 Å². The van der Waals surface area contributed by atoms with Crippen LogP contribution in [0.25, 0.3) is 0 Å². The summed E-state index contributed by atoms with van der Waals surface area (Å²) in [5.74, 6) is 0. The average Bonchev–Trinajstić information content (AvgIpc) is 2.89. The highest BCUT2D eigenvalue weighted by Crippen LogP contribution is 2.28. The zero-order valence-corrected chi connectivity index (χ0v) is 10.5. The van der Waals surface area contributed by atoms with Gasteiger partial charge in [0.1, 0.15) is 0 Å². The van der Waals surface area contributed by atoms with Crippen molar-refractivity contribution < 1.29 is 8.42 Å². The molecule has 0 spiro atoms. The van der Waals surface area contributed by atoms with Crippen LogP contribution < -0.4 is 10.0 Å². The fourth-order valence-electron chi connectivity index (χ4n) is 1.93. The second-order valence-corrected chi connectivity index (χ2v) is 6.30. The van der Waals surface area contributed by atoms with Crippen LogP contribution >= 0.6 is 12.4 Å². The summed E-state index contributed by atoms with van der Waals surface area (Å²) in [5.41, 5.74) is 0. The molecule has 2 rings (SSSR count). The molecule has 1 heterocycles. The van der Waals surface area contributed by atoms with Gasteiger partial charge in [-0.25, -0.2) is 13.1 Å². The summed E-state index contributed by atoms with van der Waals surface area (Å²) in [7, 11) is -2.99. The van der Waals surface area contributed by atoms with E-state index in [0.29, 0.717) is 6.04 Å². The molecule has 1 saturated carbocycles. The summed E-state index contributed by atoms with van der Waals surface area (Å²) in [6.45, 7) is 2.90. The lowest BCUT2D eigenvalue weighted by molar-refractivity contribution is 0.548. The van der Waals surface area contributed by atoms with Gasteiger partial charge in [0.25, 0.3) is 0 Å². The van der Waals surface area contributed by atoms with Gasteiger partial charge in [-0.3, -0.25) is 0 Å². The number of sulfonamides is 1. The van der Waals surface area contributed by atoms with Crippen LogP contribution in [0.1, 0.15) is 32.6 Å². The number of halogens is 1. The SMILES string of the molecule is CC[C@@H]1C[C@H](NS(=O)(=O)C2CC2)CN1.Cl. The van der Waals surface area contributed by atoms with E-state index < -0.39 is 10.0 Å². The molecule has 1 aliphatic heterocycles. The molecule has 4 nitrogen and oxygen atoms in total. The molecular weight excluding hydrogens is 236 g/mol. The van der Waals surface area contributed by atoms with Crippen molar-refractivity contribution in [3.8, 4) is 0 Å². The van der Waals surface area contributed by atoms with Crippen molar-refractivity contribution in [2.75, 3.05) is 6.54 Å². The number of hydrogen-bond donors (Lipinski definition) is 2. The van der Waals surface area contributed by atoms with Crippen molar-refractivity contribution in [1.82, 2.24) is 10.0 Å². The predicted octanol–water partition coefficient (Wildman–Crippen LogP) is 0.630. The van der Waals surface area contributed by atoms with Crippen LogP contribution in [-0.2, 0) is 10.0 Å². The lowest BCUT2D eigenvalue weighted by atomic mass is 10.1. The van der Waals surface area contributed by atoms with E-state index >= 15 is 0 Å². The summed E-state index contributed by atoms with van der Waals surface area (Å²) < 4.78 is 26.0. The summed E-state index contributed by atoms with van der Waals surface area (Å²) in [6, 6.07) is 0.604. The fourth-order valence-corrected chi connectivity index (χ4v) is 3.52. The number of nitrogens with one attached hydrogen (secondary N) is 2. The molecule has 0 bridgehead atoms. The molecule has 2 fully saturated rings. The zero-order valence-electron chi connectivity index (χ0n) is 8.90. The third-order valence-electron chi connectivity index (χ3n) is 3.01. The molecule has 0 aromatic rings. The first-order chi connectivity index (χ1) is 6.62. The minimum atomic E-state index is -2.99. The molecule has 15 heavy (non-hydrogen) atoms. The first kappa shape index (κ1) is 13.2. The largest absolute Gasteiger partial charge is 0.312 e. The van der Waals surface area contributed by atoms with Crippen molar-refractivity contribution in [1.29, 1.82) is 0 Å². The molecule has 1 aliphatic carbocycles. The van der Waals surface area contributed by atoms with Gasteiger partial charge in [0, 0.05) is 18.6 Å². The molecule has 0 amide bonds. The second kappa shape index (κ2) is 4.99. The Balaban J connectivity index is 0.00000112. The highest BCUT2D eigenvalue weighted by atomic mass is 35.5. The van der Waals surface area contributed by atoms with Crippen LogP contribution in [0.2, 0.25) is 0 Å². The summed E-state index contributed by atoms with van der Waals surface area (Å²) in [5, 5.41) is 3.22. The molecule has 2 aliphatic rings. The Morgan fingerprint density at radius 2 is 2.07 bits per heavy atom. The summed E-state index contributed by atoms with van der Waals surface area (Å²) in [6.07, 6.45) is 3.68. The Hall–Kier alpha value is 0.160. The monoisotopic (exact) mass is 254 g/mol. The van der Waals surface area contributed by atoms with Gasteiger partial charge in [0.15, 0.2) is 0 Å². The summed E-state index contributed by atoms with van der Waals surface area (Å²) in [4.78, 5) is 0. The maximum Gasteiger partial charge on any atom is 0.214 e. The van der Waals surface area contributed by atoms with E-state index in [1.165, 1.54) is 0 Å². The predicted molar refractivity (Wildman–Crippen MR) is 62.8 cm³/mol. The van der Waals surface area contributed by atoms with Gasteiger partial charge in [-0.15, -0.1) is 12.4 Å². The standard InChI is InChI=1S/C9H18N2O2S.ClH/c1-2-7-5-8(6-10-7)11-14(12,13)9-3-4-9;/h7-11H,2-6H2,1H3;1H/t7-,8+;/m1./s1. The van der Waals surface area contributed by atoms with Crippen molar-refractivity contribution in [2.24, 2.45) is 0 Å².